The lowest BCUT2D eigenvalue weighted by atomic mass is 10.2. The third kappa shape index (κ3) is 7.38. The molecule has 86 valence electrons. The predicted octanol–water partition coefficient (Wildman–Crippen LogP) is 0.884. The molecule has 0 fully saturated rings. The lowest BCUT2D eigenvalue weighted by Gasteiger charge is -2.03. The van der Waals surface area contributed by atoms with E-state index in [9.17, 15) is 14.4 Å². The van der Waals surface area contributed by atoms with Crippen LogP contribution in [0.1, 0.15) is 19.3 Å². The number of ether oxygens (including phenoxy) is 1. The van der Waals surface area contributed by atoms with Gasteiger partial charge in [0.15, 0.2) is 6.17 Å². The van der Waals surface area contributed by atoms with Gasteiger partial charge < -0.3 is 4.74 Å². The molecule has 0 amide bonds. The van der Waals surface area contributed by atoms with Crippen molar-refractivity contribution in [2.45, 2.75) is 25.4 Å². The Labute approximate surface area is 92.7 Å². The van der Waals surface area contributed by atoms with Crippen LogP contribution in [0.5, 0.6) is 0 Å². The summed E-state index contributed by atoms with van der Waals surface area (Å²) >= 11 is 0. The summed E-state index contributed by atoms with van der Waals surface area (Å²) < 4.78 is 4.72. The second-order valence-corrected chi connectivity index (χ2v) is 2.79. The Morgan fingerprint density at radius 2 is 1.94 bits per heavy atom. The molecular weight excluding hydrogens is 212 g/mol. The molecule has 0 aromatic rings. The first-order valence-electron chi connectivity index (χ1n) is 4.67. The topological polar surface area (TPSA) is 85.2 Å². The van der Waals surface area contributed by atoms with Gasteiger partial charge in [-0.1, -0.05) is 6.58 Å². The van der Waals surface area contributed by atoms with Gasteiger partial charge in [-0.3, -0.25) is 0 Å². The van der Waals surface area contributed by atoms with Crippen molar-refractivity contribution >= 4 is 18.1 Å². The zero-order chi connectivity index (χ0) is 12.2. The van der Waals surface area contributed by atoms with E-state index < -0.39 is 12.1 Å². The van der Waals surface area contributed by atoms with Gasteiger partial charge in [0.1, 0.15) is 0 Å². The maximum absolute atomic E-state index is 10.6. The summed E-state index contributed by atoms with van der Waals surface area (Å²) in [6.45, 7) is 3.50. The van der Waals surface area contributed by atoms with Crippen LogP contribution in [0.2, 0.25) is 0 Å². The van der Waals surface area contributed by atoms with Gasteiger partial charge in [0.2, 0.25) is 12.2 Å². The molecule has 0 rings (SSSR count). The van der Waals surface area contributed by atoms with Crippen molar-refractivity contribution in [1.82, 2.24) is 0 Å². The molecule has 0 aliphatic heterocycles. The molecule has 16 heavy (non-hydrogen) atoms. The van der Waals surface area contributed by atoms with E-state index >= 15 is 0 Å². The molecule has 0 spiro atoms. The Morgan fingerprint density at radius 3 is 2.44 bits per heavy atom. The predicted molar refractivity (Wildman–Crippen MR) is 55.0 cm³/mol. The fourth-order valence-corrected chi connectivity index (χ4v) is 0.940. The number of carbonyl (C=O) groups is 1. The van der Waals surface area contributed by atoms with Crippen LogP contribution >= 0.6 is 0 Å². The molecule has 0 aromatic carbocycles. The molecule has 0 aliphatic rings. The summed E-state index contributed by atoms with van der Waals surface area (Å²) in [6, 6.07) is 0. The molecule has 0 saturated carbocycles. The molecule has 6 nitrogen and oxygen atoms in total. The fourth-order valence-electron chi connectivity index (χ4n) is 0.940. The van der Waals surface area contributed by atoms with Crippen LogP contribution < -0.4 is 0 Å². The van der Waals surface area contributed by atoms with Crippen molar-refractivity contribution in [2.24, 2.45) is 9.98 Å². The Hall–Kier alpha value is -2.03. The van der Waals surface area contributed by atoms with Crippen molar-refractivity contribution in [1.29, 1.82) is 0 Å². The lowest BCUT2D eigenvalue weighted by molar-refractivity contribution is -0.137. The molecule has 0 unspecified atom stereocenters. The van der Waals surface area contributed by atoms with Crippen molar-refractivity contribution in [3.8, 4) is 0 Å². The molecule has 0 aliphatic carbocycles. The van der Waals surface area contributed by atoms with E-state index in [0.29, 0.717) is 19.3 Å². The summed E-state index contributed by atoms with van der Waals surface area (Å²) in [7, 11) is 0. The Kier molecular flexibility index (Phi) is 8.31. The van der Waals surface area contributed by atoms with Crippen molar-refractivity contribution in [2.75, 3.05) is 6.61 Å². The first-order chi connectivity index (χ1) is 7.74. The first-order valence-corrected chi connectivity index (χ1v) is 4.67. The van der Waals surface area contributed by atoms with E-state index in [-0.39, 0.29) is 6.61 Å². The zero-order valence-corrected chi connectivity index (χ0v) is 8.72. The van der Waals surface area contributed by atoms with Crippen LogP contribution in [0.3, 0.4) is 0 Å². The minimum Gasteiger partial charge on any atom is -0.463 e. The molecule has 0 radical (unpaired) electrons. The van der Waals surface area contributed by atoms with Crippen molar-refractivity contribution in [3.63, 3.8) is 0 Å². The standard InChI is InChI=1S/C10H12N2O4/c1-2-10(15)16-6-4-3-5-9(11-7-13)12-8-14/h2,9H,1,3-6H2. The SMILES string of the molecule is C=CC(=O)OCCCCC(N=C=O)N=C=O. The van der Waals surface area contributed by atoms with Gasteiger partial charge in [0.25, 0.3) is 0 Å². The zero-order valence-electron chi connectivity index (χ0n) is 8.72. The number of nitrogens with zero attached hydrogens (tertiary/aromatic N) is 2. The highest BCUT2D eigenvalue weighted by molar-refractivity contribution is 5.81. The van der Waals surface area contributed by atoms with E-state index in [0.717, 1.165) is 6.08 Å². The smallest absolute Gasteiger partial charge is 0.330 e. The number of aliphatic imine (C=N–C) groups is 2. The van der Waals surface area contributed by atoms with Crippen LogP contribution in [0.4, 0.5) is 0 Å². The van der Waals surface area contributed by atoms with E-state index in [2.05, 4.69) is 16.6 Å². The summed E-state index contributed by atoms with van der Waals surface area (Å²) in [6.07, 6.45) is 4.62. The summed E-state index contributed by atoms with van der Waals surface area (Å²) in [5.74, 6) is -0.478. The third-order valence-electron chi connectivity index (χ3n) is 1.67. The quantitative estimate of drug-likeness (QED) is 0.201. The molecule has 0 aromatic heterocycles. The van der Waals surface area contributed by atoms with E-state index in [1.165, 1.54) is 12.2 Å². The molecule has 0 saturated heterocycles. The highest BCUT2D eigenvalue weighted by Crippen LogP contribution is 2.05. The van der Waals surface area contributed by atoms with Crippen LogP contribution in [-0.4, -0.2) is 30.9 Å². The van der Waals surface area contributed by atoms with Gasteiger partial charge in [-0.2, -0.15) is 9.98 Å². The van der Waals surface area contributed by atoms with Gasteiger partial charge in [-0.25, -0.2) is 14.4 Å². The normalized spacial score (nSPS) is 10.5. The maximum Gasteiger partial charge on any atom is 0.330 e. The van der Waals surface area contributed by atoms with E-state index in [4.69, 9.17) is 4.74 Å². The molecule has 0 atom stereocenters. The lowest BCUT2D eigenvalue weighted by Crippen LogP contribution is -2.04. The molecule has 0 heterocycles. The molecule has 0 bridgehead atoms. The summed E-state index contributed by atoms with van der Waals surface area (Å²) in [4.78, 5) is 37.1. The van der Waals surface area contributed by atoms with Crippen LogP contribution in [0, 0.1) is 0 Å². The van der Waals surface area contributed by atoms with E-state index in [1.807, 2.05) is 0 Å². The highest BCUT2D eigenvalue weighted by Gasteiger charge is 2.04. The van der Waals surface area contributed by atoms with Gasteiger partial charge in [0, 0.05) is 6.08 Å². The second-order valence-electron chi connectivity index (χ2n) is 2.79. The number of hydrogen-bond donors (Lipinski definition) is 0. The number of carbonyl (C=O) groups excluding carboxylic acids is 3. The van der Waals surface area contributed by atoms with Gasteiger partial charge in [-0.05, 0) is 19.3 Å². The number of esters is 1. The number of rotatable bonds is 8. The van der Waals surface area contributed by atoms with Crippen molar-refractivity contribution in [3.05, 3.63) is 12.7 Å². The van der Waals surface area contributed by atoms with Gasteiger partial charge in [0.05, 0.1) is 6.61 Å². The number of isocyanates is 2. The highest BCUT2D eigenvalue weighted by atomic mass is 16.5. The second kappa shape index (κ2) is 9.52. The third-order valence-corrected chi connectivity index (χ3v) is 1.67. The minimum atomic E-state index is -0.731. The number of unbranched alkanes of at least 4 members (excludes halogenated alkanes) is 1. The fraction of sp³-hybridized carbons (Fsp3) is 0.500. The maximum atomic E-state index is 10.6. The van der Waals surface area contributed by atoms with E-state index in [1.54, 1.807) is 0 Å². The van der Waals surface area contributed by atoms with Crippen molar-refractivity contribution < 1.29 is 19.1 Å². The van der Waals surface area contributed by atoms with Gasteiger partial charge in [-0.15, -0.1) is 0 Å². The first kappa shape index (κ1) is 14.0. The summed E-state index contributed by atoms with van der Waals surface area (Å²) in [5.41, 5.74) is 0. The average Bonchev–Trinajstić information content (AvgIpc) is 2.28. The van der Waals surface area contributed by atoms with Crippen LogP contribution in [0.15, 0.2) is 22.6 Å². The summed E-state index contributed by atoms with van der Waals surface area (Å²) in [5, 5.41) is 0. The minimum absolute atomic E-state index is 0.257. The largest absolute Gasteiger partial charge is 0.463 e. The Bertz CT molecular complexity index is 310. The molecule has 6 heteroatoms. The Morgan fingerprint density at radius 1 is 1.31 bits per heavy atom. The van der Waals surface area contributed by atoms with Crippen LogP contribution in [0.25, 0.3) is 0 Å². The molecule has 0 N–H and O–H groups in total. The monoisotopic (exact) mass is 224 g/mol. The van der Waals surface area contributed by atoms with Crippen LogP contribution in [-0.2, 0) is 19.1 Å². The van der Waals surface area contributed by atoms with Gasteiger partial charge >= 0.3 is 5.97 Å². The number of hydrogen-bond acceptors (Lipinski definition) is 6. The molecular formula is C10H12N2O4. The Balaban J connectivity index is 3.70. The average molecular weight is 224 g/mol.